The number of aryl methyl sites for hydroxylation is 1. The number of rotatable bonds is 6. The SMILES string of the molecule is Cc1cscc1CNC1CCN(CCc2ccccc2)C1. The predicted octanol–water partition coefficient (Wildman–Crippen LogP) is 3.46. The van der Waals surface area contributed by atoms with Gasteiger partial charge in [-0.15, -0.1) is 0 Å². The fourth-order valence-corrected chi connectivity index (χ4v) is 3.81. The van der Waals surface area contributed by atoms with E-state index in [1.807, 2.05) is 0 Å². The summed E-state index contributed by atoms with van der Waals surface area (Å²) in [6, 6.07) is 11.5. The normalized spacial score (nSPS) is 19.2. The molecule has 1 aliphatic rings. The van der Waals surface area contributed by atoms with Crippen molar-refractivity contribution in [3.63, 3.8) is 0 Å². The molecular formula is C18H24N2S. The lowest BCUT2D eigenvalue weighted by atomic mass is 10.1. The third-order valence-corrected chi connectivity index (χ3v) is 5.28. The number of nitrogens with zero attached hydrogens (tertiary/aromatic N) is 1. The van der Waals surface area contributed by atoms with E-state index in [0.29, 0.717) is 6.04 Å². The first kappa shape index (κ1) is 14.8. The van der Waals surface area contributed by atoms with Crippen molar-refractivity contribution in [2.45, 2.75) is 32.4 Å². The third-order valence-electron chi connectivity index (χ3n) is 4.37. The number of nitrogens with one attached hydrogen (secondary N) is 1. The van der Waals surface area contributed by atoms with Gasteiger partial charge in [0.15, 0.2) is 0 Å². The molecule has 2 aromatic rings. The number of benzene rings is 1. The Kier molecular flexibility index (Phi) is 5.07. The zero-order valence-corrected chi connectivity index (χ0v) is 13.5. The minimum absolute atomic E-state index is 0.653. The van der Waals surface area contributed by atoms with Crippen LogP contribution in [-0.4, -0.2) is 30.6 Å². The van der Waals surface area contributed by atoms with Gasteiger partial charge in [-0.3, -0.25) is 0 Å². The van der Waals surface area contributed by atoms with Crippen LogP contribution < -0.4 is 5.32 Å². The zero-order chi connectivity index (χ0) is 14.5. The Labute approximate surface area is 131 Å². The Hall–Kier alpha value is -1.16. The van der Waals surface area contributed by atoms with Crippen LogP contribution in [0.1, 0.15) is 23.1 Å². The van der Waals surface area contributed by atoms with Crippen LogP contribution in [0.3, 0.4) is 0 Å². The molecule has 2 nitrogen and oxygen atoms in total. The van der Waals surface area contributed by atoms with Gasteiger partial charge in [-0.25, -0.2) is 0 Å². The maximum absolute atomic E-state index is 3.72. The van der Waals surface area contributed by atoms with E-state index in [0.717, 1.165) is 13.0 Å². The molecule has 3 rings (SSSR count). The summed E-state index contributed by atoms with van der Waals surface area (Å²) in [6.45, 7) is 6.82. The second kappa shape index (κ2) is 7.21. The highest BCUT2D eigenvalue weighted by molar-refractivity contribution is 7.08. The van der Waals surface area contributed by atoms with Crippen LogP contribution in [0.5, 0.6) is 0 Å². The first-order valence-electron chi connectivity index (χ1n) is 7.82. The van der Waals surface area contributed by atoms with Crippen LogP contribution in [0.25, 0.3) is 0 Å². The summed E-state index contributed by atoms with van der Waals surface area (Å²) in [4.78, 5) is 2.59. The summed E-state index contributed by atoms with van der Waals surface area (Å²) in [5.74, 6) is 0. The Morgan fingerprint density at radius 3 is 2.86 bits per heavy atom. The highest BCUT2D eigenvalue weighted by Gasteiger charge is 2.21. The average molecular weight is 300 g/mol. The maximum Gasteiger partial charge on any atom is 0.0219 e. The second-order valence-corrected chi connectivity index (χ2v) is 6.73. The molecule has 1 unspecified atom stereocenters. The molecule has 0 saturated carbocycles. The standard InChI is InChI=1S/C18H24N2S/c1-15-13-21-14-17(15)11-19-18-8-10-20(12-18)9-7-16-5-3-2-4-6-16/h2-6,13-14,18-19H,7-12H2,1H3. The van der Waals surface area contributed by atoms with Crippen molar-refractivity contribution in [1.29, 1.82) is 0 Å². The van der Waals surface area contributed by atoms with Gasteiger partial charge in [0.2, 0.25) is 0 Å². The molecule has 21 heavy (non-hydrogen) atoms. The van der Waals surface area contributed by atoms with Crippen LogP contribution >= 0.6 is 11.3 Å². The van der Waals surface area contributed by atoms with Gasteiger partial charge in [0, 0.05) is 25.7 Å². The first-order valence-corrected chi connectivity index (χ1v) is 8.77. The molecule has 0 spiro atoms. The van der Waals surface area contributed by atoms with Crippen molar-refractivity contribution in [1.82, 2.24) is 10.2 Å². The van der Waals surface area contributed by atoms with Gasteiger partial charge >= 0.3 is 0 Å². The topological polar surface area (TPSA) is 15.3 Å². The van der Waals surface area contributed by atoms with Crippen LogP contribution in [0.2, 0.25) is 0 Å². The number of thiophene rings is 1. The van der Waals surface area contributed by atoms with Crippen molar-refractivity contribution in [2.24, 2.45) is 0 Å². The minimum atomic E-state index is 0.653. The molecule has 1 aromatic heterocycles. The lowest BCUT2D eigenvalue weighted by Crippen LogP contribution is -2.32. The molecule has 1 aliphatic heterocycles. The molecule has 0 amide bonds. The van der Waals surface area contributed by atoms with Crippen molar-refractivity contribution in [3.05, 3.63) is 57.8 Å². The van der Waals surface area contributed by atoms with Gasteiger partial charge in [-0.2, -0.15) is 11.3 Å². The third kappa shape index (κ3) is 4.16. The van der Waals surface area contributed by atoms with Gasteiger partial charge < -0.3 is 10.2 Å². The molecule has 0 aliphatic carbocycles. The Morgan fingerprint density at radius 2 is 2.10 bits per heavy atom. The first-order chi connectivity index (χ1) is 10.3. The fourth-order valence-electron chi connectivity index (χ4n) is 2.96. The minimum Gasteiger partial charge on any atom is -0.309 e. The Bertz CT molecular complexity index is 549. The van der Waals surface area contributed by atoms with E-state index in [-0.39, 0.29) is 0 Å². The smallest absolute Gasteiger partial charge is 0.0219 e. The quantitative estimate of drug-likeness (QED) is 0.879. The summed E-state index contributed by atoms with van der Waals surface area (Å²) in [7, 11) is 0. The Morgan fingerprint density at radius 1 is 1.24 bits per heavy atom. The van der Waals surface area contributed by atoms with Crippen molar-refractivity contribution >= 4 is 11.3 Å². The monoisotopic (exact) mass is 300 g/mol. The molecule has 3 heteroatoms. The van der Waals surface area contributed by atoms with Gasteiger partial charge in [0.1, 0.15) is 0 Å². The van der Waals surface area contributed by atoms with E-state index in [1.54, 1.807) is 11.3 Å². The lowest BCUT2D eigenvalue weighted by molar-refractivity contribution is 0.331. The van der Waals surface area contributed by atoms with Crippen molar-refractivity contribution in [3.8, 4) is 0 Å². The fraction of sp³-hybridized carbons (Fsp3) is 0.444. The highest BCUT2D eigenvalue weighted by Crippen LogP contribution is 2.15. The summed E-state index contributed by atoms with van der Waals surface area (Å²) >= 11 is 1.80. The van der Waals surface area contributed by atoms with Crippen molar-refractivity contribution < 1.29 is 0 Å². The number of hydrogen-bond donors (Lipinski definition) is 1. The molecule has 1 N–H and O–H groups in total. The molecule has 1 aromatic carbocycles. The summed E-state index contributed by atoms with van der Waals surface area (Å²) < 4.78 is 0. The largest absolute Gasteiger partial charge is 0.309 e. The highest BCUT2D eigenvalue weighted by atomic mass is 32.1. The van der Waals surface area contributed by atoms with Crippen LogP contribution in [0.4, 0.5) is 0 Å². The number of hydrogen-bond acceptors (Lipinski definition) is 3. The van der Waals surface area contributed by atoms with Gasteiger partial charge in [-0.1, -0.05) is 30.3 Å². The van der Waals surface area contributed by atoms with Gasteiger partial charge in [-0.05, 0) is 53.8 Å². The molecule has 1 fully saturated rings. The maximum atomic E-state index is 3.72. The van der Waals surface area contributed by atoms with Gasteiger partial charge in [0.05, 0.1) is 0 Å². The molecular weight excluding hydrogens is 276 g/mol. The van der Waals surface area contributed by atoms with E-state index in [4.69, 9.17) is 0 Å². The van der Waals surface area contributed by atoms with E-state index >= 15 is 0 Å². The van der Waals surface area contributed by atoms with E-state index in [2.05, 4.69) is 58.2 Å². The number of likely N-dealkylation sites (tertiary alicyclic amines) is 1. The Balaban J connectivity index is 1.40. The average Bonchev–Trinajstić information content (AvgIpc) is 3.13. The summed E-state index contributed by atoms with van der Waals surface area (Å²) in [6.07, 6.45) is 2.44. The van der Waals surface area contributed by atoms with Gasteiger partial charge in [0.25, 0.3) is 0 Å². The zero-order valence-electron chi connectivity index (χ0n) is 12.7. The molecule has 0 radical (unpaired) electrons. The molecule has 0 bridgehead atoms. The van der Waals surface area contributed by atoms with Crippen LogP contribution in [0.15, 0.2) is 41.1 Å². The lowest BCUT2D eigenvalue weighted by Gasteiger charge is -2.16. The summed E-state index contributed by atoms with van der Waals surface area (Å²) in [5.41, 5.74) is 4.33. The van der Waals surface area contributed by atoms with E-state index < -0.39 is 0 Å². The van der Waals surface area contributed by atoms with Crippen LogP contribution in [-0.2, 0) is 13.0 Å². The van der Waals surface area contributed by atoms with Crippen molar-refractivity contribution in [2.75, 3.05) is 19.6 Å². The molecule has 1 atom stereocenters. The predicted molar refractivity (Wildman–Crippen MR) is 90.9 cm³/mol. The molecule has 2 heterocycles. The van der Waals surface area contributed by atoms with Crippen LogP contribution in [0, 0.1) is 6.92 Å². The van der Waals surface area contributed by atoms with E-state index in [1.165, 1.54) is 42.7 Å². The van der Waals surface area contributed by atoms with E-state index in [9.17, 15) is 0 Å². The summed E-state index contributed by atoms with van der Waals surface area (Å²) in [5, 5.41) is 8.22. The second-order valence-electron chi connectivity index (χ2n) is 5.98. The molecule has 112 valence electrons. The molecule has 1 saturated heterocycles.